The second-order valence-electron chi connectivity index (χ2n) is 17.9. The van der Waals surface area contributed by atoms with Gasteiger partial charge in [-0.1, -0.05) is 82.4 Å². The maximum Gasteiger partial charge on any atom is 0.335 e. The molecule has 3 aromatic carbocycles. The molecule has 0 fully saturated rings. The second kappa shape index (κ2) is 27.1. The van der Waals surface area contributed by atoms with Crippen molar-refractivity contribution in [2.45, 2.75) is 124 Å². The predicted molar refractivity (Wildman–Crippen MR) is 275 cm³/mol. The van der Waals surface area contributed by atoms with Crippen molar-refractivity contribution in [3.8, 4) is 34.4 Å². The number of amides is 1. The number of hydrogen-bond acceptors (Lipinski definition) is 11. The van der Waals surface area contributed by atoms with Gasteiger partial charge in [-0.15, -0.1) is 20.4 Å². The predicted octanol–water partition coefficient (Wildman–Crippen LogP) is 10.5. The Balaban J connectivity index is 0.000000253. The van der Waals surface area contributed by atoms with Crippen LogP contribution < -0.4 is 24.3 Å². The number of H-pyrrole nitrogens is 2. The number of carboxylic acids is 1. The van der Waals surface area contributed by atoms with Crippen molar-refractivity contribution in [1.29, 1.82) is 0 Å². The fourth-order valence-corrected chi connectivity index (χ4v) is 8.14. The number of ether oxygens (including phenoxy) is 4. The summed E-state index contributed by atoms with van der Waals surface area (Å²) in [6, 6.07) is 23.8. The normalized spacial score (nSPS) is 11.2. The van der Waals surface area contributed by atoms with Gasteiger partial charge >= 0.3 is 5.97 Å². The van der Waals surface area contributed by atoms with E-state index in [1.807, 2.05) is 67.0 Å². The van der Waals surface area contributed by atoms with Crippen LogP contribution in [0.4, 0.5) is 0 Å². The quantitative estimate of drug-likeness (QED) is 0.0323. The minimum absolute atomic E-state index is 0.0541. The van der Waals surface area contributed by atoms with Gasteiger partial charge in [-0.3, -0.25) is 15.0 Å². The molecule has 8 aromatic rings. The molecule has 5 aromatic heterocycles. The number of aromatic amines is 2. The lowest BCUT2D eigenvalue weighted by atomic mass is 10.1. The molecule has 0 atom stereocenters. The summed E-state index contributed by atoms with van der Waals surface area (Å²) in [7, 11) is 0. The maximum atomic E-state index is 12.4. The number of nitrogens with zero attached hydrogens (tertiary/aromatic N) is 8. The highest BCUT2D eigenvalue weighted by Crippen LogP contribution is 2.29. The van der Waals surface area contributed by atoms with E-state index in [-0.39, 0.29) is 11.5 Å². The number of aromatic nitrogens is 10. The molecule has 0 saturated carbocycles. The van der Waals surface area contributed by atoms with Gasteiger partial charge in [-0.2, -0.15) is 5.10 Å². The Morgan fingerprint density at radius 1 is 0.611 bits per heavy atom. The number of nitrogens with one attached hydrogen (secondary N) is 3. The van der Waals surface area contributed by atoms with Crippen LogP contribution in [0.1, 0.15) is 129 Å². The number of carbonyl (C=O) groups is 2. The van der Waals surface area contributed by atoms with Gasteiger partial charge in [0.1, 0.15) is 28.7 Å². The smallest absolute Gasteiger partial charge is 0.335 e. The van der Waals surface area contributed by atoms with E-state index < -0.39 is 5.97 Å². The average Bonchev–Trinajstić information content (AvgIpc) is 4.24. The SMILES string of the molecule is CCCCCCCCCCCCOc1ccc(OCCCC(=O)NCCc2nnc3c(Oc4ccc(C(=O)O)cc4)c(C)[nH]n23)cc1.Cc1ccc(OCCCc2nnc3c(-n4cccn4)c(C)[nH]n23)cc1. The zero-order valence-electron chi connectivity index (χ0n) is 42.1. The number of unbranched alkanes of at least 4 members (excludes halogenated alkanes) is 9. The average molecular weight is 984 g/mol. The molecule has 0 spiro atoms. The molecule has 5 heterocycles. The van der Waals surface area contributed by atoms with E-state index in [0.29, 0.717) is 62.0 Å². The first-order valence-electron chi connectivity index (χ1n) is 25.3. The van der Waals surface area contributed by atoms with Crippen molar-refractivity contribution in [2.24, 2.45) is 0 Å². The van der Waals surface area contributed by atoms with Crippen LogP contribution >= 0.6 is 0 Å². The largest absolute Gasteiger partial charge is 0.494 e. The van der Waals surface area contributed by atoms with E-state index >= 15 is 0 Å². The van der Waals surface area contributed by atoms with Crippen molar-refractivity contribution >= 4 is 23.2 Å². The Morgan fingerprint density at radius 2 is 1.15 bits per heavy atom. The number of aromatic carboxylic acids is 1. The van der Waals surface area contributed by atoms with E-state index in [1.54, 1.807) is 27.5 Å². The van der Waals surface area contributed by atoms with Crippen LogP contribution in [0, 0.1) is 20.8 Å². The van der Waals surface area contributed by atoms with E-state index in [1.165, 1.54) is 75.5 Å². The highest BCUT2D eigenvalue weighted by Gasteiger charge is 2.19. The summed E-state index contributed by atoms with van der Waals surface area (Å²) in [5.74, 6) is 3.99. The molecule has 1 amide bonds. The minimum Gasteiger partial charge on any atom is -0.494 e. The highest BCUT2D eigenvalue weighted by molar-refractivity contribution is 5.87. The summed E-state index contributed by atoms with van der Waals surface area (Å²) >= 11 is 0. The van der Waals surface area contributed by atoms with Crippen LogP contribution in [-0.4, -0.2) is 92.8 Å². The minimum atomic E-state index is -0.999. The Labute approximate surface area is 420 Å². The lowest BCUT2D eigenvalue weighted by Gasteiger charge is -2.09. The Bertz CT molecular complexity index is 2860. The molecule has 0 bridgehead atoms. The van der Waals surface area contributed by atoms with Crippen LogP contribution in [0.3, 0.4) is 0 Å². The number of carboxylic acid groups (broad SMARTS) is 1. The van der Waals surface area contributed by atoms with Gasteiger partial charge in [0.15, 0.2) is 17.4 Å². The molecule has 0 aliphatic carbocycles. The molecular formula is C54H69N11O7. The molecule has 72 heavy (non-hydrogen) atoms. The molecule has 0 radical (unpaired) electrons. The standard InChI is InChI=1S/C36H49N5O6.C18H20N6O/c1-3-4-5-6-7-8-9-10-11-12-25-45-29-19-21-30(22-20-29)46-26-13-14-33(42)37-24-23-32-38-39-35-34(27(2)40-41(32)35)47-31-17-15-28(16-18-31)36(43)44;1-13-6-8-15(9-7-13)25-12-3-5-16-20-21-18-17(14(2)22-24(16)18)23-11-4-10-19-23/h15-22,40H,3-14,23-26H2,1-2H3,(H,37,42)(H,43,44);4,6-11,22H,3,5,12H2,1-2H3. The molecule has 4 N–H and O–H groups in total. The first kappa shape index (κ1) is 52.2. The van der Waals surface area contributed by atoms with Crippen LogP contribution in [0.5, 0.6) is 28.7 Å². The Morgan fingerprint density at radius 3 is 1.78 bits per heavy atom. The number of rotatable bonds is 29. The van der Waals surface area contributed by atoms with Gasteiger partial charge < -0.3 is 29.4 Å². The third-order valence-electron chi connectivity index (χ3n) is 12.1. The zero-order chi connectivity index (χ0) is 50.5. The first-order chi connectivity index (χ1) is 35.2. The van der Waals surface area contributed by atoms with Gasteiger partial charge in [0.05, 0.1) is 36.8 Å². The summed E-state index contributed by atoms with van der Waals surface area (Å²) in [5, 5.41) is 39.9. The molecule has 0 aliphatic heterocycles. The van der Waals surface area contributed by atoms with Gasteiger partial charge in [-0.25, -0.2) is 18.5 Å². The summed E-state index contributed by atoms with van der Waals surface area (Å²) in [6.45, 7) is 10.4. The van der Waals surface area contributed by atoms with E-state index in [4.69, 9.17) is 24.1 Å². The van der Waals surface area contributed by atoms with Crippen molar-refractivity contribution in [3.63, 3.8) is 0 Å². The maximum absolute atomic E-state index is 12.4. The van der Waals surface area contributed by atoms with Crippen LogP contribution in [0.2, 0.25) is 0 Å². The number of carbonyl (C=O) groups excluding carboxylic acids is 1. The van der Waals surface area contributed by atoms with Crippen LogP contribution in [0.15, 0.2) is 91.3 Å². The molecule has 0 saturated heterocycles. The third kappa shape index (κ3) is 15.2. The van der Waals surface area contributed by atoms with E-state index in [9.17, 15) is 9.59 Å². The van der Waals surface area contributed by atoms with Gasteiger partial charge in [0.2, 0.25) is 17.2 Å². The number of hydrogen-bond donors (Lipinski definition) is 4. The van der Waals surface area contributed by atoms with Gasteiger partial charge in [0, 0.05) is 38.2 Å². The third-order valence-corrected chi connectivity index (χ3v) is 12.1. The molecule has 382 valence electrons. The summed E-state index contributed by atoms with van der Waals surface area (Å²) in [6.07, 6.45) is 19.8. The number of benzene rings is 3. The van der Waals surface area contributed by atoms with Gasteiger partial charge in [-0.05, 0) is 107 Å². The Kier molecular flexibility index (Phi) is 19.6. The fraction of sp³-hybridized carbons (Fsp3) is 0.426. The first-order valence-corrected chi connectivity index (χ1v) is 25.3. The summed E-state index contributed by atoms with van der Waals surface area (Å²) in [5.41, 5.74) is 5.39. The molecule has 18 heteroatoms. The highest BCUT2D eigenvalue weighted by atomic mass is 16.5. The molecule has 0 aliphatic rings. The van der Waals surface area contributed by atoms with E-state index in [0.717, 1.165) is 71.7 Å². The zero-order valence-corrected chi connectivity index (χ0v) is 42.1. The summed E-state index contributed by atoms with van der Waals surface area (Å²) < 4.78 is 28.9. The van der Waals surface area contributed by atoms with Crippen molar-refractivity contribution in [2.75, 3.05) is 26.4 Å². The number of fused-ring (bicyclic) bond motifs is 2. The lowest BCUT2D eigenvalue weighted by Crippen LogP contribution is -2.26. The topological polar surface area (TPSA) is 213 Å². The molecule has 0 unspecified atom stereocenters. The monoisotopic (exact) mass is 984 g/mol. The second-order valence-corrected chi connectivity index (χ2v) is 17.9. The van der Waals surface area contributed by atoms with Crippen molar-refractivity contribution in [1.82, 2.24) is 54.7 Å². The summed E-state index contributed by atoms with van der Waals surface area (Å²) in [4.78, 5) is 23.5. The van der Waals surface area contributed by atoms with Crippen LogP contribution in [-0.2, 0) is 17.6 Å². The van der Waals surface area contributed by atoms with Gasteiger partial charge in [0.25, 0.3) is 0 Å². The number of aryl methyl sites for hydroxylation is 4. The molecular weight excluding hydrogens is 915 g/mol. The fourth-order valence-electron chi connectivity index (χ4n) is 8.14. The van der Waals surface area contributed by atoms with Crippen molar-refractivity contribution < 1.29 is 33.6 Å². The lowest BCUT2D eigenvalue weighted by molar-refractivity contribution is -0.121. The Hall–Kier alpha value is -7.63. The van der Waals surface area contributed by atoms with E-state index in [2.05, 4.69) is 67.0 Å². The molecule has 18 nitrogen and oxygen atoms in total. The van der Waals surface area contributed by atoms with Crippen LogP contribution in [0.25, 0.3) is 17.0 Å². The van der Waals surface area contributed by atoms with Crippen molar-refractivity contribution in [3.05, 3.63) is 125 Å². The molecule has 8 rings (SSSR count).